The Kier molecular flexibility index (Phi) is 3.28. The Bertz CT molecular complexity index is 133. The van der Waals surface area contributed by atoms with Crippen LogP contribution in [0.25, 0.3) is 0 Å². The minimum Gasteiger partial charge on any atom is -0.460 e. The fourth-order valence-corrected chi connectivity index (χ4v) is 0.799. The summed E-state index contributed by atoms with van der Waals surface area (Å²) < 4.78 is 9.54. The average Bonchev–Trinajstić information content (AvgIpc) is 2.52. The Balaban J connectivity index is 2.17. The first-order valence-corrected chi connectivity index (χ1v) is 3.47. The number of hydrogen-bond donors (Lipinski definition) is 2. The van der Waals surface area contributed by atoms with E-state index in [0.29, 0.717) is 13.2 Å². The van der Waals surface area contributed by atoms with E-state index >= 15 is 0 Å². The normalized spacial score (nSPS) is 23.5. The van der Waals surface area contributed by atoms with E-state index in [-0.39, 0.29) is 13.2 Å². The lowest BCUT2D eigenvalue weighted by molar-refractivity contribution is -0.156. The molecule has 2 N–H and O–H groups in total. The van der Waals surface area contributed by atoms with Crippen LogP contribution >= 0.6 is 0 Å². The van der Waals surface area contributed by atoms with Crippen molar-refractivity contribution in [2.75, 3.05) is 26.4 Å². The Morgan fingerprint density at radius 2 is 2.64 bits per heavy atom. The molecule has 11 heavy (non-hydrogen) atoms. The van der Waals surface area contributed by atoms with Gasteiger partial charge in [-0.1, -0.05) is 0 Å². The number of rotatable bonds is 3. The van der Waals surface area contributed by atoms with E-state index in [9.17, 15) is 4.79 Å². The molecule has 1 atom stereocenters. The van der Waals surface area contributed by atoms with Gasteiger partial charge in [-0.25, -0.2) is 4.79 Å². The van der Waals surface area contributed by atoms with Crippen LogP contribution in [0, 0.1) is 0 Å². The number of aliphatic hydroxyl groups is 1. The van der Waals surface area contributed by atoms with Gasteiger partial charge in [0.1, 0.15) is 6.61 Å². The molecule has 0 amide bonds. The largest absolute Gasteiger partial charge is 0.460 e. The highest BCUT2D eigenvalue weighted by Gasteiger charge is 2.23. The van der Waals surface area contributed by atoms with Gasteiger partial charge in [0.15, 0.2) is 0 Å². The number of carbonyl (C=O) groups excluding carboxylic acids is 1. The van der Waals surface area contributed by atoms with Crippen LogP contribution in [0.4, 0.5) is 0 Å². The Hall–Kier alpha value is -0.650. The molecule has 1 fully saturated rings. The van der Waals surface area contributed by atoms with Gasteiger partial charge in [0.05, 0.1) is 13.2 Å². The fraction of sp³-hybridized carbons (Fsp3) is 0.833. The molecule has 0 saturated carbocycles. The lowest BCUT2D eigenvalue weighted by atomic mass is 10.6. The molecule has 0 aromatic heterocycles. The number of nitrogens with one attached hydrogen (secondary N) is 1. The van der Waals surface area contributed by atoms with Gasteiger partial charge in [-0.15, -0.1) is 0 Å². The average molecular weight is 161 g/mol. The van der Waals surface area contributed by atoms with Crippen molar-refractivity contribution < 1.29 is 19.4 Å². The van der Waals surface area contributed by atoms with Crippen molar-refractivity contribution in [3.05, 3.63) is 0 Å². The summed E-state index contributed by atoms with van der Waals surface area (Å²) in [6.07, 6.45) is -0.637. The molecule has 1 aliphatic rings. The molecular weight excluding hydrogens is 150 g/mol. The summed E-state index contributed by atoms with van der Waals surface area (Å²) in [5, 5.41) is 11.1. The standard InChI is InChI=1S/C6H11NO4/c8-2-4-11-6(9)5-7-1-3-10-5/h5,7-8H,1-4H2. The highest BCUT2D eigenvalue weighted by Crippen LogP contribution is 1.97. The lowest BCUT2D eigenvalue weighted by Crippen LogP contribution is -2.34. The van der Waals surface area contributed by atoms with Crippen LogP contribution in [0.3, 0.4) is 0 Å². The van der Waals surface area contributed by atoms with Gasteiger partial charge in [0, 0.05) is 6.54 Å². The maximum atomic E-state index is 10.9. The number of hydrogen-bond acceptors (Lipinski definition) is 5. The molecule has 1 unspecified atom stereocenters. The second kappa shape index (κ2) is 4.27. The second-order valence-electron chi connectivity index (χ2n) is 2.10. The number of esters is 1. The maximum absolute atomic E-state index is 10.9. The highest BCUT2D eigenvalue weighted by molar-refractivity contribution is 5.74. The smallest absolute Gasteiger partial charge is 0.350 e. The third-order valence-corrected chi connectivity index (χ3v) is 1.27. The predicted octanol–water partition coefficient (Wildman–Crippen LogP) is -1.53. The van der Waals surface area contributed by atoms with Gasteiger partial charge in [-0.05, 0) is 0 Å². The van der Waals surface area contributed by atoms with Crippen LogP contribution in [0.1, 0.15) is 0 Å². The molecule has 1 heterocycles. The Morgan fingerprint density at radius 1 is 1.82 bits per heavy atom. The summed E-state index contributed by atoms with van der Waals surface area (Å²) in [7, 11) is 0. The van der Waals surface area contributed by atoms with E-state index in [2.05, 4.69) is 10.1 Å². The molecule has 0 spiro atoms. The van der Waals surface area contributed by atoms with Crippen molar-refractivity contribution in [1.29, 1.82) is 0 Å². The number of carbonyl (C=O) groups is 1. The van der Waals surface area contributed by atoms with Crippen molar-refractivity contribution in [2.24, 2.45) is 0 Å². The van der Waals surface area contributed by atoms with Crippen molar-refractivity contribution in [3.8, 4) is 0 Å². The molecule has 5 heteroatoms. The third kappa shape index (κ3) is 2.45. The van der Waals surface area contributed by atoms with Gasteiger partial charge in [0.2, 0.25) is 6.23 Å². The first kappa shape index (κ1) is 8.45. The fourth-order valence-electron chi connectivity index (χ4n) is 0.799. The first-order chi connectivity index (χ1) is 5.34. The van der Waals surface area contributed by atoms with Gasteiger partial charge in [0.25, 0.3) is 0 Å². The molecule has 1 aliphatic heterocycles. The van der Waals surface area contributed by atoms with E-state index in [1.807, 2.05) is 0 Å². The van der Waals surface area contributed by atoms with Crippen LogP contribution in [0.2, 0.25) is 0 Å². The van der Waals surface area contributed by atoms with Crippen LogP contribution in [-0.4, -0.2) is 43.7 Å². The summed E-state index contributed by atoms with van der Waals surface area (Å²) >= 11 is 0. The highest BCUT2D eigenvalue weighted by atomic mass is 16.6. The summed E-state index contributed by atoms with van der Waals surface area (Å²) in [4.78, 5) is 10.9. The van der Waals surface area contributed by atoms with E-state index in [4.69, 9.17) is 9.84 Å². The lowest BCUT2D eigenvalue weighted by Gasteiger charge is -2.07. The quantitative estimate of drug-likeness (QED) is 0.491. The molecule has 1 rings (SSSR count). The van der Waals surface area contributed by atoms with Crippen molar-refractivity contribution >= 4 is 5.97 Å². The molecule has 0 aromatic rings. The van der Waals surface area contributed by atoms with Crippen molar-refractivity contribution in [2.45, 2.75) is 6.23 Å². The van der Waals surface area contributed by atoms with E-state index in [0.717, 1.165) is 0 Å². The van der Waals surface area contributed by atoms with Crippen LogP contribution < -0.4 is 5.32 Å². The molecule has 0 aromatic carbocycles. The summed E-state index contributed by atoms with van der Waals surface area (Å²) in [6.45, 7) is 1.07. The van der Waals surface area contributed by atoms with Crippen LogP contribution in [0.5, 0.6) is 0 Å². The predicted molar refractivity (Wildman–Crippen MR) is 35.8 cm³/mol. The molecule has 0 bridgehead atoms. The second-order valence-corrected chi connectivity index (χ2v) is 2.10. The maximum Gasteiger partial charge on any atom is 0.350 e. The Morgan fingerprint density at radius 3 is 3.18 bits per heavy atom. The first-order valence-electron chi connectivity index (χ1n) is 3.47. The topological polar surface area (TPSA) is 67.8 Å². The molecule has 0 radical (unpaired) electrons. The summed E-state index contributed by atoms with van der Waals surface area (Å²) in [6, 6.07) is 0. The van der Waals surface area contributed by atoms with Gasteiger partial charge < -0.3 is 14.6 Å². The van der Waals surface area contributed by atoms with Gasteiger partial charge >= 0.3 is 5.97 Å². The number of ether oxygens (including phenoxy) is 2. The summed E-state index contributed by atoms with van der Waals surface area (Å²) in [5.74, 6) is -0.462. The molecule has 0 aliphatic carbocycles. The summed E-state index contributed by atoms with van der Waals surface area (Å²) in [5.41, 5.74) is 0. The van der Waals surface area contributed by atoms with Crippen molar-refractivity contribution in [1.82, 2.24) is 5.32 Å². The molecular formula is C6H11NO4. The molecule has 1 saturated heterocycles. The molecule has 5 nitrogen and oxygen atoms in total. The van der Waals surface area contributed by atoms with Crippen LogP contribution in [0.15, 0.2) is 0 Å². The monoisotopic (exact) mass is 161 g/mol. The van der Waals surface area contributed by atoms with Gasteiger partial charge in [-0.2, -0.15) is 0 Å². The zero-order chi connectivity index (χ0) is 8.10. The van der Waals surface area contributed by atoms with Gasteiger partial charge in [-0.3, -0.25) is 5.32 Å². The SMILES string of the molecule is O=C(OCCO)C1NCCO1. The van der Waals surface area contributed by atoms with E-state index in [1.165, 1.54) is 0 Å². The zero-order valence-corrected chi connectivity index (χ0v) is 6.08. The van der Waals surface area contributed by atoms with E-state index in [1.54, 1.807) is 0 Å². The van der Waals surface area contributed by atoms with Crippen LogP contribution in [-0.2, 0) is 14.3 Å². The Labute approximate surface area is 64.3 Å². The third-order valence-electron chi connectivity index (χ3n) is 1.27. The van der Waals surface area contributed by atoms with Crippen molar-refractivity contribution in [3.63, 3.8) is 0 Å². The minimum atomic E-state index is -0.637. The minimum absolute atomic E-state index is 0.0281. The number of aliphatic hydroxyl groups excluding tert-OH is 1. The molecule has 64 valence electrons. The van der Waals surface area contributed by atoms with E-state index < -0.39 is 12.2 Å². The zero-order valence-electron chi connectivity index (χ0n) is 6.08.